The van der Waals surface area contributed by atoms with Gasteiger partial charge in [0, 0.05) is 43.9 Å². The summed E-state index contributed by atoms with van der Waals surface area (Å²) in [6.45, 7) is 6.21. The predicted octanol–water partition coefficient (Wildman–Crippen LogP) is 2.75. The minimum atomic E-state index is -1.73. The van der Waals surface area contributed by atoms with Crippen LogP contribution >= 0.6 is 0 Å². The van der Waals surface area contributed by atoms with Gasteiger partial charge in [0.2, 0.25) is 0 Å². The van der Waals surface area contributed by atoms with Crippen LogP contribution in [-0.2, 0) is 24.7 Å². The van der Waals surface area contributed by atoms with E-state index in [1.165, 1.54) is 12.0 Å². The zero-order valence-electron chi connectivity index (χ0n) is 21.8. The summed E-state index contributed by atoms with van der Waals surface area (Å²) in [7, 11) is 1.53. The van der Waals surface area contributed by atoms with Crippen molar-refractivity contribution in [1.29, 1.82) is 0 Å². The molecule has 3 aliphatic heterocycles. The Morgan fingerprint density at radius 2 is 1.71 bits per heavy atom. The van der Waals surface area contributed by atoms with E-state index in [2.05, 4.69) is 4.90 Å². The van der Waals surface area contributed by atoms with Gasteiger partial charge < -0.3 is 24.4 Å². The Balaban J connectivity index is 1.64. The molecule has 2 amide bonds. The molecule has 5 rings (SSSR count). The summed E-state index contributed by atoms with van der Waals surface area (Å²) in [5, 5.41) is 11.6. The molecule has 0 unspecified atom stereocenters. The Bertz CT molecular complexity index is 1270. The summed E-state index contributed by atoms with van der Waals surface area (Å²) in [6, 6.07) is 13.8. The summed E-state index contributed by atoms with van der Waals surface area (Å²) in [4.78, 5) is 46.9. The molecule has 0 aliphatic carbocycles. The zero-order chi connectivity index (χ0) is 26.9. The number of fused-ring (bicyclic) bond motifs is 2. The van der Waals surface area contributed by atoms with Gasteiger partial charge in [0.15, 0.2) is 5.54 Å². The standard InChI is InChI=1S/C29H33N3O6/c1-3-13-31-23-8-5-4-7-22(23)29(28(31)36)24(25(33)20-9-11-21(37-2)12-10-20)26(34)27(35)32(29)15-6-14-30-16-18-38-19-17-30/h4-5,7-12,33H,3,6,13-19H2,1-2H3/t29-/m1/s1. The smallest absolute Gasteiger partial charge is 0.296 e. The number of morpholine rings is 1. The Morgan fingerprint density at radius 1 is 1.00 bits per heavy atom. The number of amides is 2. The number of carbonyl (C=O) groups excluding carboxylic acids is 3. The minimum Gasteiger partial charge on any atom is -0.507 e. The average molecular weight is 520 g/mol. The van der Waals surface area contributed by atoms with Crippen molar-refractivity contribution in [2.24, 2.45) is 0 Å². The molecule has 2 aromatic rings. The van der Waals surface area contributed by atoms with Crippen LogP contribution in [0.5, 0.6) is 5.75 Å². The number of Topliss-reactive ketones (excluding diaryl/α,β-unsaturated/α-hetero) is 1. The van der Waals surface area contributed by atoms with Gasteiger partial charge in [-0.1, -0.05) is 25.1 Å². The molecular formula is C29H33N3O6. The number of hydrogen-bond donors (Lipinski definition) is 1. The zero-order valence-corrected chi connectivity index (χ0v) is 21.8. The number of anilines is 1. The van der Waals surface area contributed by atoms with E-state index in [9.17, 15) is 19.5 Å². The summed E-state index contributed by atoms with van der Waals surface area (Å²) in [5.41, 5.74) is -0.389. The number of ketones is 1. The van der Waals surface area contributed by atoms with Crippen LogP contribution < -0.4 is 9.64 Å². The molecule has 2 fully saturated rings. The van der Waals surface area contributed by atoms with Gasteiger partial charge >= 0.3 is 0 Å². The second-order valence-corrected chi connectivity index (χ2v) is 9.73. The number of rotatable bonds is 8. The van der Waals surface area contributed by atoms with Crippen molar-refractivity contribution in [2.45, 2.75) is 25.3 Å². The van der Waals surface area contributed by atoms with Gasteiger partial charge in [-0.25, -0.2) is 0 Å². The van der Waals surface area contributed by atoms with Crippen LogP contribution in [0.1, 0.15) is 30.9 Å². The van der Waals surface area contributed by atoms with E-state index < -0.39 is 17.2 Å². The van der Waals surface area contributed by atoms with Crippen LogP contribution in [0.25, 0.3) is 5.76 Å². The number of para-hydroxylation sites is 1. The van der Waals surface area contributed by atoms with Crippen molar-refractivity contribution in [2.75, 3.05) is 57.9 Å². The number of likely N-dealkylation sites (tertiary alicyclic amines) is 1. The third-order valence-electron chi connectivity index (χ3n) is 7.58. The molecule has 38 heavy (non-hydrogen) atoms. The van der Waals surface area contributed by atoms with Gasteiger partial charge in [0.1, 0.15) is 11.5 Å². The molecule has 2 saturated heterocycles. The van der Waals surface area contributed by atoms with Crippen molar-refractivity contribution in [1.82, 2.24) is 9.80 Å². The van der Waals surface area contributed by atoms with Gasteiger partial charge in [0.25, 0.3) is 17.6 Å². The summed E-state index contributed by atoms with van der Waals surface area (Å²) in [6.07, 6.45) is 1.26. The summed E-state index contributed by atoms with van der Waals surface area (Å²) >= 11 is 0. The van der Waals surface area contributed by atoms with Crippen LogP contribution in [0.2, 0.25) is 0 Å². The second-order valence-electron chi connectivity index (χ2n) is 9.73. The van der Waals surface area contributed by atoms with E-state index >= 15 is 0 Å². The lowest BCUT2D eigenvalue weighted by Gasteiger charge is -2.35. The van der Waals surface area contributed by atoms with Crippen molar-refractivity contribution in [3.8, 4) is 5.75 Å². The van der Waals surface area contributed by atoms with E-state index in [0.717, 1.165) is 13.1 Å². The SMILES string of the molecule is CCCN1C(=O)[C@]2(C(=C(O)c3ccc(OC)cc3)C(=O)C(=O)N2CCCN2CCOCC2)c2ccccc21. The van der Waals surface area contributed by atoms with Gasteiger partial charge in [-0.05, 0) is 43.2 Å². The largest absolute Gasteiger partial charge is 0.507 e. The number of aliphatic hydroxyl groups is 1. The van der Waals surface area contributed by atoms with Crippen LogP contribution in [0.15, 0.2) is 54.1 Å². The maximum Gasteiger partial charge on any atom is 0.296 e. The van der Waals surface area contributed by atoms with Crippen LogP contribution in [0.3, 0.4) is 0 Å². The number of methoxy groups -OCH3 is 1. The first kappa shape index (κ1) is 25.9. The van der Waals surface area contributed by atoms with Crippen LogP contribution in [0.4, 0.5) is 5.69 Å². The third-order valence-corrected chi connectivity index (χ3v) is 7.58. The molecule has 1 atom stereocenters. The number of nitrogens with zero attached hydrogens (tertiary/aromatic N) is 3. The Hall–Kier alpha value is -3.69. The number of ether oxygens (including phenoxy) is 2. The minimum absolute atomic E-state index is 0.185. The molecular weight excluding hydrogens is 486 g/mol. The fourth-order valence-corrected chi connectivity index (χ4v) is 5.78. The number of hydrogen-bond acceptors (Lipinski definition) is 7. The quantitative estimate of drug-likeness (QED) is 0.325. The van der Waals surface area contributed by atoms with Crippen LogP contribution in [-0.4, -0.2) is 85.6 Å². The second kappa shape index (κ2) is 10.6. The topological polar surface area (TPSA) is 99.6 Å². The predicted molar refractivity (Wildman–Crippen MR) is 142 cm³/mol. The van der Waals surface area contributed by atoms with E-state index in [4.69, 9.17) is 9.47 Å². The highest BCUT2D eigenvalue weighted by Gasteiger charge is 2.66. The molecule has 9 heteroatoms. The highest BCUT2D eigenvalue weighted by Crippen LogP contribution is 2.53. The number of carbonyl (C=O) groups is 3. The lowest BCUT2D eigenvalue weighted by Crippen LogP contribution is -2.52. The molecule has 9 nitrogen and oxygen atoms in total. The van der Waals surface area contributed by atoms with Gasteiger partial charge in [-0.15, -0.1) is 0 Å². The molecule has 0 saturated carbocycles. The fourth-order valence-electron chi connectivity index (χ4n) is 5.78. The van der Waals surface area contributed by atoms with Crippen molar-refractivity contribution in [3.05, 3.63) is 65.2 Å². The first-order valence-electron chi connectivity index (χ1n) is 13.1. The molecule has 0 radical (unpaired) electrons. The maximum atomic E-state index is 14.4. The van der Waals surface area contributed by atoms with Crippen molar-refractivity contribution in [3.63, 3.8) is 0 Å². The molecule has 200 valence electrons. The first-order valence-corrected chi connectivity index (χ1v) is 13.1. The van der Waals surface area contributed by atoms with Crippen molar-refractivity contribution < 1.29 is 29.0 Å². The van der Waals surface area contributed by atoms with E-state index in [0.29, 0.717) is 61.7 Å². The lowest BCUT2D eigenvalue weighted by atomic mass is 9.82. The van der Waals surface area contributed by atoms with Gasteiger partial charge in [0.05, 0.1) is 31.6 Å². The molecule has 2 aromatic carbocycles. The van der Waals surface area contributed by atoms with Gasteiger partial charge in [-0.3, -0.25) is 19.3 Å². The van der Waals surface area contributed by atoms with Gasteiger partial charge in [-0.2, -0.15) is 0 Å². The normalized spacial score (nSPS) is 22.9. The fraction of sp³-hybridized carbons (Fsp3) is 0.414. The number of benzene rings is 2. The molecule has 0 bridgehead atoms. The number of aliphatic hydroxyl groups excluding tert-OH is 1. The Kier molecular flexibility index (Phi) is 7.23. The molecule has 1 N–H and O–H groups in total. The molecule has 0 aromatic heterocycles. The monoisotopic (exact) mass is 519 g/mol. The van der Waals surface area contributed by atoms with Crippen molar-refractivity contribution >= 4 is 29.0 Å². The van der Waals surface area contributed by atoms with E-state index in [1.807, 2.05) is 19.1 Å². The molecule has 3 aliphatic rings. The third kappa shape index (κ3) is 4.06. The van der Waals surface area contributed by atoms with E-state index in [-0.39, 0.29) is 23.8 Å². The summed E-state index contributed by atoms with van der Waals surface area (Å²) in [5.74, 6) is -1.81. The maximum absolute atomic E-state index is 14.4. The molecule has 1 spiro atoms. The Labute approximate surface area is 222 Å². The highest BCUT2D eigenvalue weighted by molar-refractivity contribution is 6.50. The first-order chi connectivity index (χ1) is 18.4. The van der Waals surface area contributed by atoms with Crippen LogP contribution in [0, 0.1) is 0 Å². The van der Waals surface area contributed by atoms with E-state index in [1.54, 1.807) is 41.3 Å². The average Bonchev–Trinajstić information content (AvgIpc) is 3.32. The molecule has 3 heterocycles. The lowest BCUT2D eigenvalue weighted by molar-refractivity contribution is -0.143. The summed E-state index contributed by atoms with van der Waals surface area (Å²) < 4.78 is 10.7. The highest BCUT2D eigenvalue weighted by atomic mass is 16.5. The Morgan fingerprint density at radius 3 is 2.39 bits per heavy atom.